The zero-order valence-corrected chi connectivity index (χ0v) is 11.0. The molecule has 2 heterocycles. The van der Waals surface area contributed by atoms with E-state index in [2.05, 4.69) is 16.0 Å². The molecule has 0 atom stereocenters. The lowest BCUT2D eigenvalue weighted by molar-refractivity contribution is 0.328. The second kappa shape index (κ2) is 4.18. The highest BCUT2D eigenvalue weighted by molar-refractivity contribution is 7.15. The van der Waals surface area contributed by atoms with Crippen LogP contribution < -0.4 is 0 Å². The fraction of sp³-hybridized carbons (Fsp3) is 0.357. The van der Waals surface area contributed by atoms with Crippen molar-refractivity contribution in [2.24, 2.45) is 0 Å². The van der Waals surface area contributed by atoms with Gasteiger partial charge in [-0.15, -0.1) is 11.3 Å². The Morgan fingerprint density at radius 2 is 2.28 bits per heavy atom. The van der Waals surface area contributed by atoms with E-state index in [4.69, 9.17) is 0 Å². The third-order valence-corrected chi connectivity index (χ3v) is 4.97. The van der Waals surface area contributed by atoms with Crippen molar-refractivity contribution in [3.8, 4) is 16.6 Å². The largest absolute Gasteiger partial charge is 0.264 e. The van der Waals surface area contributed by atoms with Gasteiger partial charge in [0.2, 0.25) is 0 Å². The lowest BCUT2D eigenvalue weighted by Gasteiger charge is -2.34. The molecule has 0 radical (unpaired) electrons. The molecule has 0 saturated heterocycles. The molecule has 0 aliphatic heterocycles. The van der Waals surface area contributed by atoms with Gasteiger partial charge in [0.25, 0.3) is 0 Å². The maximum atomic E-state index is 9.41. The van der Waals surface area contributed by atoms with Gasteiger partial charge < -0.3 is 0 Å². The first-order valence-electron chi connectivity index (χ1n) is 6.05. The maximum absolute atomic E-state index is 9.41. The number of hydrogen-bond acceptors (Lipinski definition) is 4. The Kier molecular flexibility index (Phi) is 2.64. The van der Waals surface area contributed by atoms with Gasteiger partial charge in [-0.2, -0.15) is 5.26 Å². The van der Waals surface area contributed by atoms with E-state index in [1.54, 1.807) is 17.5 Å². The summed E-state index contributed by atoms with van der Waals surface area (Å²) in [5.74, 6) is 0. The van der Waals surface area contributed by atoms with Crippen molar-refractivity contribution in [3.05, 3.63) is 35.1 Å². The molecule has 1 saturated carbocycles. The molecule has 1 aliphatic carbocycles. The summed E-state index contributed by atoms with van der Waals surface area (Å²) in [7, 11) is 0. The van der Waals surface area contributed by atoms with E-state index in [1.165, 1.54) is 0 Å². The molecular formula is C14H13N3S. The normalized spacial score (nSPS) is 16.9. The van der Waals surface area contributed by atoms with E-state index in [0.29, 0.717) is 0 Å². The molecule has 0 spiro atoms. The maximum Gasteiger partial charge on any atom is 0.125 e. The molecule has 4 heteroatoms. The molecule has 1 aliphatic rings. The first-order valence-corrected chi connectivity index (χ1v) is 6.86. The van der Waals surface area contributed by atoms with Gasteiger partial charge in [0.05, 0.1) is 17.2 Å². The number of nitriles is 1. The lowest BCUT2D eigenvalue weighted by Crippen LogP contribution is -2.31. The fourth-order valence-corrected chi connectivity index (χ4v) is 3.63. The van der Waals surface area contributed by atoms with Crippen LogP contribution in [0.1, 0.15) is 29.8 Å². The van der Waals surface area contributed by atoms with Crippen molar-refractivity contribution in [2.75, 3.05) is 0 Å². The number of pyridine rings is 1. The quantitative estimate of drug-likeness (QED) is 0.825. The molecule has 0 N–H and O–H groups in total. The molecule has 0 amide bonds. The Morgan fingerprint density at radius 1 is 1.44 bits per heavy atom. The standard InChI is InChI=1S/C14H13N3S/c1-10-12(14(9-15)5-3-6-14)18-13(17-10)11-4-2-7-16-8-11/h2,4,7-8H,3,5-6H2,1H3. The molecule has 3 nitrogen and oxygen atoms in total. The van der Waals surface area contributed by atoms with E-state index in [9.17, 15) is 5.26 Å². The van der Waals surface area contributed by atoms with Crippen LogP contribution in [0.3, 0.4) is 0 Å². The Balaban J connectivity index is 2.05. The molecule has 0 aromatic carbocycles. The predicted molar refractivity (Wildman–Crippen MR) is 71.2 cm³/mol. The number of nitrogens with zero attached hydrogens (tertiary/aromatic N) is 3. The lowest BCUT2D eigenvalue weighted by atomic mass is 9.68. The zero-order chi connectivity index (χ0) is 12.6. The van der Waals surface area contributed by atoms with E-state index < -0.39 is 0 Å². The van der Waals surface area contributed by atoms with Crippen LogP contribution in [0.15, 0.2) is 24.5 Å². The summed E-state index contributed by atoms with van der Waals surface area (Å²) in [4.78, 5) is 9.87. The van der Waals surface area contributed by atoms with Crippen LogP contribution in [0.5, 0.6) is 0 Å². The molecule has 3 rings (SSSR count). The molecule has 1 fully saturated rings. The predicted octanol–water partition coefficient (Wildman–Crippen LogP) is 3.46. The molecule has 2 aromatic rings. The third kappa shape index (κ3) is 1.63. The van der Waals surface area contributed by atoms with Gasteiger partial charge in [0.15, 0.2) is 0 Å². The second-order valence-electron chi connectivity index (χ2n) is 4.72. The van der Waals surface area contributed by atoms with Gasteiger partial charge in [0.1, 0.15) is 5.01 Å². The topological polar surface area (TPSA) is 49.6 Å². The van der Waals surface area contributed by atoms with Crippen LogP contribution in [0, 0.1) is 18.3 Å². The van der Waals surface area contributed by atoms with Crippen molar-refractivity contribution >= 4 is 11.3 Å². The van der Waals surface area contributed by atoms with Crippen LogP contribution in [-0.4, -0.2) is 9.97 Å². The monoisotopic (exact) mass is 255 g/mol. The average Bonchev–Trinajstić information content (AvgIpc) is 2.73. The summed E-state index contributed by atoms with van der Waals surface area (Å²) in [5, 5.41) is 10.4. The van der Waals surface area contributed by atoms with Crippen molar-refractivity contribution in [1.82, 2.24) is 9.97 Å². The Bertz CT molecular complexity index is 606. The van der Waals surface area contributed by atoms with E-state index >= 15 is 0 Å². The first kappa shape index (κ1) is 11.4. The summed E-state index contributed by atoms with van der Waals surface area (Å²) in [6.07, 6.45) is 6.67. The summed E-state index contributed by atoms with van der Waals surface area (Å²) in [5.41, 5.74) is 1.77. The van der Waals surface area contributed by atoms with Crippen LogP contribution in [-0.2, 0) is 5.41 Å². The highest BCUT2D eigenvalue weighted by atomic mass is 32.1. The number of aromatic nitrogens is 2. The SMILES string of the molecule is Cc1nc(-c2cccnc2)sc1C1(C#N)CCC1. The van der Waals surface area contributed by atoms with Crippen molar-refractivity contribution in [2.45, 2.75) is 31.6 Å². The van der Waals surface area contributed by atoms with Crippen LogP contribution in [0.2, 0.25) is 0 Å². The van der Waals surface area contributed by atoms with E-state index in [0.717, 1.165) is 40.4 Å². The summed E-state index contributed by atoms with van der Waals surface area (Å²) >= 11 is 1.65. The van der Waals surface area contributed by atoms with Crippen molar-refractivity contribution in [1.29, 1.82) is 5.26 Å². The summed E-state index contributed by atoms with van der Waals surface area (Å²) in [6.45, 7) is 2.00. The molecule has 90 valence electrons. The second-order valence-corrected chi connectivity index (χ2v) is 5.72. The van der Waals surface area contributed by atoms with Crippen molar-refractivity contribution in [3.63, 3.8) is 0 Å². The van der Waals surface area contributed by atoms with Gasteiger partial charge >= 0.3 is 0 Å². The van der Waals surface area contributed by atoms with E-state index in [-0.39, 0.29) is 5.41 Å². The summed E-state index contributed by atoms with van der Waals surface area (Å²) in [6, 6.07) is 6.41. The van der Waals surface area contributed by atoms with Gasteiger partial charge in [0, 0.05) is 22.8 Å². The van der Waals surface area contributed by atoms with Crippen LogP contribution in [0.25, 0.3) is 10.6 Å². The average molecular weight is 255 g/mol. The minimum Gasteiger partial charge on any atom is -0.264 e. The smallest absolute Gasteiger partial charge is 0.125 e. The Morgan fingerprint density at radius 3 is 2.83 bits per heavy atom. The third-order valence-electron chi connectivity index (χ3n) is 3.56. The number of hydrogen-bond donors (Lipinski definition) is 0. The zero-order valence-electron chi connectivity index (χ0n) is 10.2. The van der Waals surface area contributed by atoms with Crippen LogP contribution >= 0.6 is 11.3 Å². The van der Waals surface area contributed by atoms with Gasteiger partial charge in [-0.1, -0.05) is 0 Å². The van der Waals surface area contributed by atoms with E-state index in [1.807, 2.05) is 25.3 Å². The number of aryl methyl sites for hydroxylation is 1. The molecule has 0 unspecified atom stereocenters. The minimum absolute atomic E-state index is 0.262. The Hall–Kier alpha value is -1.73. The number of rotatable bonds is 2. The minimum atomic E-state index is -0.262. The molecule has 0 bridgehead atoms. The highest BCUT2D eigenvalue weighted by Gasteiger charge is 2.42. The fourth-order valence-electron chi connectivity index (χ4n) is 2.37. The van der Waals surface area contributed by atoms with Gasteiger partial charge in [-0.25, -0.2) is 4.98 Å². The van der Waals surface area contributed by atoms with Crippen LogP contribution in [0.4, 0.5) is 0 Å². The highest BCUT2D eigenvalue weighted by Crippen LogP contribution is 2.47. The molecular weight excluding hydrogens is 242 g/mol. The number of thiazole rings is 1. The molecule has 2 aromatic heterocycles. The van der Waals surface area contributed by atoms with Crippen molar-refractivity contribution < 1.29 is 0 Å². The van der Waals surface area contributed by atoms with Gasteiger partial charge in [-0.3, -0.25) is 4.98 Å². The summed E-state index contributed by atoms with van der Waals surface area (Å²) < 4.78 is 0. The van der Waals surface area contributed by atoms with Gasteiger partial charge in [-0.05, 0) is 38.3 Å². The first-order chi connectivity index (χ1) is 8.75. The Labute approximate surface area is 110 Å². The molecule has 18 heavy (non-hydrogen) atoms.